The van der Waals surface area contributed by atoms with Crippen LogP contribution in [-0.2, 0) is 0 Å². The number of carbonyl (C=O) groups is 1. The van der Waals surface area contributed by atoms with Crippen molar-refractivity contribution in [2.45, 2.75) is 6.10 Å². The second kappa shape index (κ2) is 5.57. The molecule has 1 aromatic heterocycles. The number of β-amino-alcohol motifs (C(OH)–C–C–N with tert-alkyl or cyclic N) is 1. The van der Waals surface area contributed by atoms with Gasteiger partial charge in [-0.05, 0) is 28.1 Å². The summed E-state index contributed by atoms with van der Waals surface area (Å²) in [6, 6.07) is 3.43. The lowest BCUT2D eigenvalue weighted by Gasteiger charge is -2.13. The van der Waals surface area contributed by atoms with Gasteiger partial charge in [-0.1, -0.05) is 0 Å². The lowest BCUT2D eigenvalue weighted by molar-refractivity contribution is 0.0922. The average Bonchev–Trinajstić information content (AvgIpc) is 2.73. The van der Waals surface area contributed by atoms with E-state index in [1.165, 1.54) is 0 Å². The van der Waals surface area contributed by atoms with Crippen LogP contribution in [0.3, 0.4) is 0 Å². The number of hydrogen-bond donors (Lipinski definition) is 3. The molecule has 1 aliphatic heterocycles. The summed E-state index contributed by atoms with van der Waals surface area (Å²) >= 11 is 3.26. The number of carbonyl (C=O) groups excluding carboxylic acids is 1. The first kappa shape index (κ1) is 12.5. The number of aliphatic hydroxyl groups excluding tert-OH is 1. The molecule has 0 aliphatic carbocycles. The molecule has 1 amide bonds. The normalized spacial score (nSPS) is 23.6. The number of halogens is 1. The van der Waals surface area contributed by atoms with E-state index in [1.54, 1.807) is 18.3 Å². The van der Waals surface area contributed by atoms with Gasteiger partial charge in [0, 0.05) is 36.2 Å². The molecule has 2 heterocycles. The Morgan fingerprint density at radius 3 is 3.00 bits per heavy atom. The van der Waals surface area contributed by atoms with E-state index in [2.05, 4.69) is 31.5 Å². The third-order valence-corrected chi connectivity index (χ3v) is 3.26. The molecule has 0 saturated carbocycles. The van der Waals surface area contributed by atoms with Crippen LogP contribution in [0.15, 0.2) is 22.8 Å². The first-order valence-electron chi connectivity index (χ1n) is 5.45. The molecule has 2 unspecified atom stereocenters. The summed E-state index contributed by atoms with van der Waals surface area (Å²) < 4.78 is 0.837. The molecule has 2 rings (SSSR count). The summed E-state index contributed by atoms with van der Waals surface area (Å²) in [4.78, 5) is 15.7. The molecule has 0 aromatic carbocycles. The van der Waals surface area contributed by atoms with Crippen molar-refractivity contribution in [3.05, 3.63) is 28.5 Å². The first-order chi connectivity index (χ1) is 8.16. The Labute approximate surface area is 108 Å². The van der Waals surface area contributed by atoms with Gasteiger partial charge in [-0.2, -0.15) is 0 Å². The Balaban J connectivity index is 1.87. The maximum Gasteiger partial charge on any atom is 0.269 e. The van der Waals surface area contributed by atoms with Gasteiger partial charge in [0.2, 0.25) is 0 Å². The Bertz CT molecular complexity index is 396. The van der Waals surface area contributed by atoms with Gasteiger partial charge in [-0.3, -0.25) is 4.79 Å². The molecule has 6 heteroatoms. The number of amides is 1. The molecule has 0 spiro atoms. The summed E-state index contributed by atoms with van der Waals surface area (Å²) in [5.74, 6) is -0.133. The summed E-state index contributed by atoms with van der Waals surface area (Å²) in [6.07, 6.45) is 1.20. The number of pyridine rings is 1. The van der Waals surface area contributed by atoms with Crippen LogP contribution in [0.1, 0.15) is 10.5 Å². The Kier molecular flexibility index (Phi) is 4.09. The third-order valence-electron chi connectivity index (χ3n) is 2.79. The Hall–Kier alpha value is -0.980. The van der Waals surface area contributed by atoms with Crippen molar-refractivity contribution < 1.29 is 9.90 Å². The van der Waals surface area contributed by atoms with Gasteiger partial charge in [0.05, 0.1) is 6.10 Å². The minimum absolute atomic E-state index is 0.0781. The monoisotopic (exact) mass is 299 g/mol. The average molecular weight is 300 g/mol. The van der Waals surface area contributed by atoms with Crippen LogP contribution >= 0.6 is 15.9 Å². The second-order valence-electron chi connectivity index (χ2n) is 4.06. The highest BCUT2D eigenvalue weighted by Crippen LogP contribution is 2.09. The highest BCUT2D eigenvalue weighted by Gasteiger charge is 2.25. The van der Waals surface area contributed by atoms with Crippen molar-refractivity contribution in [2.75, 3.05) is 19.6 Å². The van der Waals surface area contributed by atoms with Gasteiger partial charge in [-0.25, -0.2) is 4.98 Å². The van der Waals surface area contributed by atoms with E-state index in [1.807, 2.05) is 0 Å². The van der Waals surface area contributed by atoms with Gasteiger partial charge in [0.25, 0.3) is 5.91 Å². The maximum atomic E-state index is 11.7. The molecule has 5 nitrogen and oxygen atoms in total. The fraction of sp³-hybridized carbons (Fsp3) is 0.455. The lowest BCUT2D eigenvalue weighted by Crippen LogP contribution is -2.34. The highest BCUT2D eigenvalue weighted by molar-refractivity contribution is 9.10. The van der Waals surface area contributed by atoms with Crippen molar-refractivity contribution in [2.24, 2.45) is 5.92 Å². The fourth-order valence-corrected chi connectivity index (χ4v) is 1.99. The molecule has 1 aliphatic rings. The van der Waals surface area contributed by atoms with Crippen LogP contribution in [0.4, 0.5) is 0 Å². The van der Waals surface area contributed by atoms with E-state index in [0.717, 1.165) is 11.0 Å². The highest BCUT2D eigenvalue weighted by atomic mass is 79.9. The van der Waals surface area contributed by atoms with E-state index < -0.39 is 0 Å². The van der Waals surface area contributed by atoms with Crippen molar-refractivity contribution in [3.8, 4) is 0 Å². The Morgan fingerprint density at radius 1 is 1.59 bits per heavy atom. The zero-order valence-electron chi connectivity index (χ0n) is 9.19. The summed E-state index contributed by atoms with van der Waals surface area (Å²) in [7, 11) is 0. The van der Waals surface area contributed by atoms with Gasteiger partial charge >= 0.3 is 0 Å². The fourth-order valence-electron chi connectivity index (χ4n) is 1.75. The topological polar surface area (TPSA) is 74.2 Å². The zero-order chi connectivity index (χ0) is 12.3. The molecular formula is C11H14BrN3O2. The van der Waals surface area contributed by atoms with Crippen LogP contribution in [0.5, 0.6) is 0 Å². The van der Waals surface area contributed by atoms with Crippen LogP contribution in [0, 0.1) is 5.92 Å². The SMILES string of the molecule is O=C(NCC1CNCC1O)c1ccc(Br)cn1. The minimum atomic E-state index is -0.381. The van der Waals surface area contributed by atoms with Crippen LogP contribution < -0.4 is 10.6 Å². The van der Waals surface area contributed by atoms with Gasteiger partial charge in [0.1, 0.15) is 5.69 Å². The molecule has 17 heavy (non-hydrogen) atoms. The molecule has 1 aromatic rings. The van der Waals surface area contributed by atoms with E-state index in [-0.39, 0.29) is 17.9 Å². The van der Waals surface area contributed by atoms with Crippen molar-refractivity contribution >= 4 is 21.8 Å². The number of aromatic nitrogens is 1. The van der Waals surface area contributed by atoms with E-state index in [4.69, 9.17) is 0 Å². The predicted octanol–water partition coefficient (Wildman–Crippen LogP) is 0.154. The van der Waals surface area contributed by atoms with E-state index in [9.17, 15) is 9.90 Å². The van der Waals surface area contributed by atoms with Crippen LogP contribution in [-0.4, -0.2) is 41.7 Å². The molecule has 0 bridgehead atoms. The summed E-state index contributed by atoms with van der Waals surface area (Å²) in [5, 5.41) is 15.4. The third kappa shape index (κ3) is 3.24. The quantitative estimate of drug-likeness (QED) is 0.743. The lowest BCUT2D eigenvalue weighted by atomic mass is 10.1. The second-order valence-corrected chi connectivity index (χ2v) is 4.97. The Morgan fingerprint density at radius 2 is 2.41 bits per heavy atom. The number of aliphatic hydroxyl groups is 1. The number of rotatable bonds is 3. The van der Waals surface area contributed by atoms with Crippen LogP contribution in [0.25, 0.3) is 0 Å². The predicted molar refractivity (Wildman–Crippen MR) is 66.6 cm³/mol. The van der Waals surface area contributed by atoms with Gasteiger partial charge in [0.15, 0.2) is 0 Å². The summed E-state index contributed by atoms with van der Waals surface area (Å²) in [5.41, 5.74) is 0.383. The first-order valence-corrected chi connectivity index (χ1v) is 6.24. The van der Waals surface area contributed by atoms with Crippen molar-refractivity contribution in [1.82, 2.24) is 15.6 Å². The number of hydrogen-bond acceptors (Lipinski definition) is 4. The maximum absolute atomic E-state index is 11.7. The van der Waals surface area contributed by atoms with Crippen molar-refractivity contribution in [1.29, 1.82) is 0 Å². The standard InChI is InChI=1S/C11H14BrN3O2/c12-8-1-2-9(14-5-8)11(17)15-4-7-3-13-6-10(7)16/h1-2,5,7,10,13,16H,3-4,6H2,(H,15,17). The van der Waals surface area contributed by atoms with E-state index >= 15 is 0 Å². The molecular weight excluding hydrogens is 286 g/mol. The molecule has 1 saturated heterocycles. The van der Waals surface area contributed by atoms with Crippen LogP contribution in [0.2, 0.25) is 0 Å². The number of nitrogens with zero attached hydrogens (tertiary/aromatic N) is 1. The van der Waals surface area contributed by atoms with Gasteiger partial charge in [-0.15, -0.1) is 0 Å². The largest absolute Gasteiger partial charge is 0.391 e. The minimum Gasteiger partial charge on any atom is -0.391 e. The molecule has 1 fully saturated rings. The smallest absolute Gasteiger partial charge is 0.269 e. The zero-order valence-corrected chi connectivity index (χ0v) is 10.8. The number of nitrogens with one attached hydrogen (secondary N) is 2. The molecule has 92 valence electrons. The summed E-state index contributed by atoms with van der Waals surface area (Å²) in [6.45, 7) is 1.79. The molecule has 3 N–H and O–H groups in total. The molecule has 0 radical (unpaired) electrons. The molecule has 2 atom stereocenters. The van der Waals surface area contributed by atoms with Crippen molar-refractivity contribution in [3.63, 3.8) is 0 Å². The van der Waals surface area contributed by atoms with Gasteiger partial charge < -0.3 is 15.7 Å². The van der Waals surface area contributed by atoms with E-state index in [0.29, 0.717) is 18.8 Å².